The van der Waals surface area contributed by atoms with Gasteiger partial charge in [-0.2, -0.15) is 0 Å². The van der Waals surface area contributed by atoms with E-state index < -0.39 is 4.92 Å². The summed E-state index contributed by atoms with van der Waals surface area (Å²) in [6.07, 6.45) is 3.20. The molecule has 0 aliphatic carbocycles. The molecule has 1 heterocycles. The molecule has 108 valence electrons. The average Bonchev–Trinajstić information content (AvgIpc) is 2.46. The van der Waals surface area contributed by atoms with Gasteiger partial charge in [-0.3, -0.25) is 10.1 Å². The number of benzene rings is 1. The lowest BCUT2D eigenvalue weighted by atomic mass is 10.0. The summed E-state index contributed by atoms with van der Waals surface area (Å²) in [6, 6.07) is 4.94. The molecule has 1 fully saturated rings. The maximum atomic E-state index is 11.3. The third kappa shape index (κ3) is 2.66. The van der Waals surface area contributed by atoms with Gasteiger partial charge in [-0.1, -0.05) is 5.16 Å². The molecule has 0 spiro atoms. The van der Waals surface area contributed by atoms with Crippen LogP contribution in [-0.4, -0.2) is 28.6 Å². The first-order valence-corrected chi connectivity index (χ1v) is 6.57. The summed E-state index contributed by atoms with van der Waals surface area (Å²) in [7, 11) is 0. The molecule has 1 aromatic rings. The summed E-state index contributed by atoms with van der Waals surface area (Å²) in [6.45, 7) is 2.88. The predicted molar refractivity (Wildman–Crippen MR) is 76.3 cm³/mol. The van der Waals surface area contributed by atoms with Gasteiger partial charge in [-0.25, -0.2) is 0 Å². The smallest absolute Gasteiger partial charge is 0.293 e. The van der Waals surface area contributed by atoms with E-state index in [-0.39, 0.29) is 17.6 Å². The number of oxime groups is 1. The number of nitro groups is 1. The van der Waals surface area contributed by atoms with E-state index in [4.69, 9.17) is 10.9 Å². The fourth-order valence-corrected chi connectivity index (χ4v) is 2.59. The summed E-state index contributed by atoms with van der Waals surface area (Å²) in [5, 5.41) is 22.8. The molecule has 7 heteroatoms. The molecule has 3 N–H and O–H groups in total. The molecule has 1 atom stereocenters. The largest absolute Gasteiger partial charge is 0.409 e. The van der Waals surface area contributed by atoms with Crippen LogP contribution in [0.25, 0.3) is 0 Å². The van der Waals surface area contributed by atoms with Crippen molar-refractivity contribution in [2.45, 2.75) is 32.2 Å². The lowest BCUT2D eigenvalue weighted by molar-refractivity contribution is -0.384. The molecular formula is C13H18N4O3. The Morgan fingerprint density at radius 2 is 2.30 bits per heavy atom. The third-order valence-corrected chi connectivity index (χ3v) is 3.69. The highest BCUT2D eigenvalue weighted by atomic mass is 16.6. The first-order chi connectivity index (χ1) is 9.54. The first-order valence-electron chi connectivity index (χ1n) is 6.57. The molecule has 1 saturated heterocycles. The number of rotatable bonds is 3. The van der Waals surface area contributed by atoms with Crippen molar-refractivity contribution in [3.8, 4) is 0 Å². The summed E-state index contributed by atoms with van der Waals surface area (Å²) in [5.41, 5.74) is 6.41. The van der Waals surface area contributed by atoms with Crippen LogP contribution in [0.4, 0.5) is 11.4 Å². The standard InChI is InChI=1S/C13H18N4O3/c1-9-4-2-3-7-16(9)11-6-5-10(13(14)15-18)8-12(11)17(19)20/h5-6,8-9,18H,2-4,7H2,1H3,(H2,14,15). The van der Waals surface area contributed by atoms with Gasteiger partial charge in [0, 0.05) is 24.2 Å². The van der Waals surface area contributed by atoms with Crippen LogP contribution in [-0.2, 0) is 0 Å². The van der Waals surface area contributed by atoms with E-state index in [2.05, 4.69) is 17.0 Å². The minimum Gasteiger partial charge on any atom is -0.409 e. The van der Waals surface area contributed by atoms with E-state index in [0.717, 1.165) is 25.8 Å². The predicted octanol–water partition coefficient (Wildman–Crippen LogP) is 2.07. The zero-order valence-electron chi connectivity index (χ0n) is 11.3. The SMILES string of the molecule is CC1CCCCN1c1ccc(C(N)=NO)cc1[N+](=O)[O-]. The fraction of sp³-hybridized carbons (Fsp3) is 0.462. The molecule has 0 saturated carbocycles. The molecule has 7 nitrogen and oxygen atoms in total. The normalized spacial score (nSPS) is 19.9. The second-order valence-electron chi connectivity index (χ2n) is 4.98. The van der Waals surface area contributed by atoms with Crippen molar-refractivity contribution >= 4 is 17.2 Å². The van der Waals surface area contributed by atoms with E-state index in [1.807, 2.05) is 0 Å². The van der Waals surface area contributed by atoms with Crippen LogP contribution in [0, 0.1) is 10.1 Å². The summed E-state index contributed by atoms with van der Waals surface area (Å²) >= 11 is 0. The van der Waals surface area contributed by atoms with Crippen LogP contribution in [0.2, 0.25) is 0 Å². The summed E-state index contributed by atoms with van der Waals surface area (Å²) in [4.78, 5) is 12.9. The van der Waals surface area contributed by atoms with Gasteiger partial charge in [0.15, 0.2) is 5.84 Å². The van der Waals surface area contributed by atoms with E-state index in [1.165, 1.54) is 6.07 Å². The van der Waals surface area contributed by atoms with Gasteiger partial charge in [0.05, 0.1) is 4.92 Å². The molecule has 0 radical (unpaired) electrons. The van der Waals surface area contributed by atoms with Crippen LogP contribution < -0.4 is 10.6 Å². The second-order valence-corrected chi connectivity index (χ2v) is 4.98. The van der Waals surface area contributed by atoms with Gasteiger partial charge < -0.3 is 15.8 Å². The fourth-order valence-electron chi connectivity index (χ4n) is 2.59. The zero-order chi connectivity index (χ0) is 14.7. The number of piperidine rings is 1. The summed E-state index contributed by atoms with van der Waals surface area (Å²) in [5.74, 6) is -0.133. The van der Waals surface area contributed by atoms with Gasteiger partial charge in [0.1, 0.15) is 5.69 Å². The molecule has 1 unspecified atom stereocenters. The topological polar surface area (TPSA) is 105 Å². The van der Waals surface area contributed by atoms with E-state index in [1.54, 1.807) is 12.1 Å². The van der Waals surface area contributed by atoms with Crippen LogP contribution in [0.15, 0.2) is 23.4 Å². The Kier molecular flexibility index (Phi) is 4.07. The molecule has 1 aliphatic rings. The van der Waals surface area contributed by atoms with Gasteiger partial charge in [0.2, 0.25) is 0 Å². The van der Waals surface area contributed by atoms with Crippen molar-refractivity contribution in [2.24, 2.45) is 10.9 Å². The van der Waals surface area contributed by atoms with E-state index in [9.17, 15) is 10.1 Å². The van der Waals surface area contributed by atoms with Crippen molar-refractivity contribution < 1.29 is 10.1 Å². The maximum absolute atomic E-state index is 11.3. The molecule has 1 aromatic carbocycles. The molecule has 1 aliphatic heterocycles. The summed E-state index contributed by atoms with van der Waals surface area (Å²) < 4.78 is 0. The van der Waals surface area contributed by atoms with Gasteiger partial charge in [-0.15, -0.1) is 0 Å². The number of amidine groups is 1. The number of nitrogens with zero attached hydrogens (tertiary/aromatic N) is 3. The van der Waals surface area contributed by atoms with Crippen LogP contribution >= 0.6 is 0 Å². The number of hydrogen-bond acceptors (Lipinski definition) is 5. The zero-order valence-corrected chi connectivity index (χ0v) is 11.3. The maximum Gasteiger partial charge on any atom is 0.293 e. The Morgan fingerprint density at radius 1 is 1.55 bits per heavy atom. The highest BCUT2D eigenvalue weighted by Crippen LogP contribution is 2.33. The van der Waals surface area contributed by atoms with Crippen molar-refractivity contribution in [2.75, 3.05) is 11.4 Å². The van der Waals surface area contributed by atoms with Gasteiger partial charge in [-0.05, 0) is 38.3 Å². The Balaban J connectivity index is 2.44. The van der Waals surface area contributed by atoms with Crippen molar-refractivity contribution in [1.82, 2.24) is 0 Å². The Hall–Kier alpha value is -2.31. The highest BCUT2D eigenvalue weighted by molar-refractivity contribution is 5.98. The number of nitro benzene ring substituents is 1. The molecule has 0 aromatic heterocycles. The number of nitrogens with two attached hydrogens (primary N) is 1. The Labute approximate surface area is 116 Å². The minimum atomic E-state index is -0.426. The molecule has 0 bridgehead atoms. The van der Waals surface area contributed by atoms with Crippen LogP contribution in [0.5, 0.6) is 0 Å². The molecule has 20 heavy (non-hydrogen) atoms. The van der Waals surface area contributed by atoms with E-state index >= 15 is 0 Å². The van der Waals surface area contributed by atoms with Crippen molar-refractivity contribution in [1.29, 1.82) is 0 Å². The van der Waals surface area contributed by atoms with Crippen molar-refractivity contribution in [3.63, 3.8) is 0 Å². The lowest BCUT2D eigenvalue weighted by Crippen LogP contribution is -2.37. The number of hydrogen-bond donors (Lipinski definition) is 2. The highest BCUT2D eigenvalue weighted by Gasteiger charge is 2.26. The van der Waals surface area contributed by atoms with Gasteiger partial charge >= 0.3 is 0 Å². The van der Waals surface area contributed by atoms with Crippen LogP contribution in [0.3, 0.4) is 0 Å². The molecule has 2 rings (SSSR count). The quantitative estimate of drug-likeness (QED) is 0.289. The monoisotopic (exact) mass is 278 g/mol. The average molecular weight is 278 g/mol. The van der Waals surface area contributed by atoms with Crippen LogP contribution in [0.1, 0.15) is 31.7 Å². The number of anilines is 1. The third-order valence-electron chi connectivity index (χ3n) is 3.69. The second kappa shape index (κ2) is 5.77. The van der Waals surface area contributed by atoms with Crippen molar-refractivity contribution in [3.05, 3.63) is 33.9 Å². The Morgan fingerprint density at radius 3 is 2.90 bits per heavy atom. The Bertz CT molecular complexity index is 544. The van der Waals surface area contributed by atoms with Gasteiger partial charge in [0.25, 0.3) is 5.69 Å². The molecular weight excluding hydrogens is 260 g/mol. The minimum absolute atomic E-state index is 0.0112. The lowest BCUT2D eigenvalue weighted by Gasteiger charge is -2.35. The van der Waals surface area contributed by atoms with E-state index in [0.29, 0.717) is 11.3 Å². The molecule has 0 amide bonds. The first kappa shape index (κ1) is 14.1.